The molecule has 1 amide bonds. The van der Waals surface area contributed by atoms with Crippen molar-refractivity contribution in [1.29, 1.82) is 0 Å². The summed E-state index contributed by atoms with van der Waals surface area (Å²) < 4.78 is 5.70. The van der Waals surface area contributed by atoms with Gasteiger partial charge in [-0.3, -0.25) is 9.69 Å². The van der Waals surface area contributed by atoms with E-state index in [1.807, 2.05) is 54.6 Å². The molecule has 3 aromatic carbocycles. The molecule has 4 rings (SSSR count). The second-order valence-electron chi connectivity index (χ2n) is 6.99. The Labute approximate surface area is 159 Å². The molecule has 1 saturated heterocycles. The first-order valence-electron chi connectivity index (χ1n) is 9.50. The van der Waals surface area contributed by atoms with Gasteiger partial charge in [0.15, 0.2) is 6.61 Å². The number of amides is 1. The summed E-state index contributed by atoms with van der Waals surface area (Å²) in [6.07, 6.45) is 2.52. The van der Waals surface area contributed by atoms with Crippen molar-refractivity contribution >= 4 is 22.4 Å². The Morgan fingerprint density at radius 1 is 0.926 bits per heavy atom. The fourth-order valence-corrected chi connectivity index (χ4v) is 3.55. The highest BCUT2D eigenvalue weighted by molar-refractivity contribution is 5.92. The number of benzene rings is 3. The van der Waals surface area contributed by atoms with Crippen LogP contribution in [-0.4, -0.2) is 30.5 Å². The average Bonchev–Trinajstić information content (AvgIpc) is 3.21. The maximum Gasteiger partial charge on any atom is 0.262 e. The summed E-state index contributed by atoms with van der Waals surface area (Å²) in [4.78, 5) is 14.8. The van der Waals surface area contributed by atoms with E-state index in [-0.39, 0.29) is 12.5 Å². The third kappa shape index (κ3) is 4.47. The van der Waals surface area contributed by atoms with Crippen LogP contribution < -0.4 is 10.1 Å². The molecule has 0 bridgehead atoms. The molecule has 1 fully saturated rings. The monoisotopic (exact) mass is 360 g/mol. The van der Waals surface area contributed by atoms with Gasteiger partial charge in [0.25, 0.3) is 5.91 Å². The van der Waals surface area contributed by atoms with Gasteiger partial charge < -0.3 is 10.1 Å². The van der Waals surface area contributed by atoms with E-state index >= 15 is 0 Å². The lowest BCUT2D eigenvalue weighted by atomic mass is 10.1. The van der Waals surface area contributed by atoms with Gasteiger partial charge in [-0.05, 0) is 60.5 Å². The van der Waals surface area contributed by atoms with Crippen molar-refractivity contribution in [2.75, 3.05) is 25.0 Å². The number of nitrogens with zero attached hydrogens (tertiary/aromatic N) is 1. The highest BCUT2D eigenvalue weighted by Crippen LogP contribution is 2.22. The van der Waals surface area contributed by atoms with Crippen LogP contribution in [0.4, 0.5) is 5.69 Å². The first-order valence-corrected chi connectivity index (χ1v) is 9.50. The number of nitrogens with one attached hydrogen (secondary N) is 1. The van der Waals surface area contributed by atoms with E-state index in [0.29, 0.717) is 5.75 Å². The molecule has 0 aliphatic carbocycles. The largest absolute Gasteiger partial charge is 0.484 e. The van der Waals surface area contributed by atoms with Crippen LogP contribution in [0.5, 0.6) is 5.75 Å². The molecule has 3 aromatic rings. The summed E-state index contributed by atoms with van der Waals surface area (Å²) in [5.74, 6) is 0.561. The molecule has 0 aromatic heterocycles. The topological polar surface area (TPSA) is 41.6 Å². The molecule has 1 heterocycles. The normalized spacial score (nSPS) is 14.4. The molecular weight excluding hydrogens is 336 g/mol. The van der Waals surface area contributed by atoms with E-state index in [0.717, 1.165) is 41.7 Å². The highest BCUT2D eigenvalue weighted by atomic mass is 16.5. The lowest BCUT2D eigenvalue weighted by molar-refractivity contribution is -0.118. The zero-order valence-corrected chi connectivity index (χ0v) is 15.4. The summed E-state index contributed by atoms with van der Waals surface area (Å²) >= 11 is 0. The molecule has 138 valence electrons. The summed E-state index contributed by atoms with van der Waals surface area (Å²) in [6.45, 7) is 3.14. The van der Waals surface area contributed by atoms with Crippen molar-refractivity contribution in [3.05, 3.63) is 72.3 Å². The maximum atomic E-state index is 12.4. The van der Waals surface area contributed by atoms with E-state index in [2.05, 4.69) is 22.3 Å². The Balaban J connectivity index is 1.37. The number of likely N-dealkylation sites (tertiary alicyclic amines) is 1. The van der Waals surface area contributed by atoms with Crippen molar-refractivity contribution in [3.8, 4) is 5.75 Å². The van der Waals surface area contributed by atoms with Crippen molar-refractivity contribution in [3.63, 3.8) is 0 Å². The van der Waals surface area contributed by atoms with Crippen LogP contribution >= 0.6 is 0 Å². The zero-order chi connectivity index (χ0) is 18.5. The van der Waals surface area contributed by atoms with Crippen LogP contribution in [0.3, 0.4) is 0 Å². The second-order valence-corrected chi connectivity index (χ2v) is 6.99. The Hall–Kier alpha value is -2.85. The summed E-state index contributed by atoms with van der Waals surface area (Å²) in [7, 11) is 0. The molecular formula is C23H24N2O2. The fourth-order valence-electron chi connectivity index (χ4n) is 3.55. The number of carbonyl (C=O) groups excluding carboxylic acids is 1. The minimum Gasteiger partial charge on any atom is -0.484 e. The van der Waals surface area contributed by atoms with Gasteiger partial charge in [-0.15, -0.1) is 0 Å². The van der Waals surface area contributed by atoms with Crippen LogP contribution in [-0.2, 0) is 11.3 Å². The van der Waals surface area contributed by atoms with Gasteiger partial charge in [-0.25, -0.2) is 0 Å². The number of rotatable bonds is 6. The van der Waals surface area contributed by atoms with E-state index in [1.165, 1.54) is 12.8 Å². The number of para-hydroxylation sites is 1. The third-order valence-electron chi connectivity index (χ3n) is 4.97. The molecule has 4 heteroatoms. The van der Waals surface area contributed by atoms with Gasteiger partial charge in [0.05, 0.1) is 0 Å². The van der Waals surface area contributed by atoms with Crippen molar-refractivity contribution in [2.45, 2.75) is 19.4 Å². The predicted octanol–water partition coefficient (Wildman–Crippen LogP) is 4.45. The quantitative estimate of drug-likeness (QED) is 0.706. The van der Waals surface area contributed by atoms with Gasteiger partial charge in [-0.2, -0.15) is 0 Å². The van der Waals surface area contributed by atoms with Crippen LogP contribution in [0.1, 0.15) is 18.4 Å². The first kappa shape index (κ1) is 17.6. The van der Waals surface area contributed by atoms with Gasteiger partial charge in [0, 0.05) is 12.2 Å². The predicted molar refractivity (Wildman–Crippen MR) is 109 cm³/mol. The number of hydrogen-bond acceptors (Lipinski definition) is 3. The summed E-state index contributed by atoms with van der Waals surface area (Å²) in [5, 5.41) is 5.26. The van der Waals surface area contributed by atoms with Gasteiger partial charge >= 0.3 is 0 Å². The molecule has 1 N–H and O–H groups in total. The molecule has 4 nitrogen and oxygen atoms in total. The summed E-state index contributed by atoms with van der Waals surface area (Å²) in [5.41, 5.74) is 2.02. The molecule has 0 spiro atoms. The van der Waals surface area contributed by atoms with Crippen molar-refractivity contribution in [1.82, 2.24) is 4.90 Å². The number of anilines is 1. The first-order chi connectivity index (χ1) is 13.3. The molecule has 1 aliphatic heterocycles. The fraction of sp³-hybridized carbons (Fsp3) is 0.261. The Bertz CT molecular complexity index is 932. The Morgan fingerprint density at radius 2 is 1.67 bits per heavy atom. The highest BCUT2D eigenvalue weighted by Gasteiger charge is 2.14. The molecule has 0 radical (unpaired) electrons. The lowest BCUT2D eigenvalue weighted by Gasteiger charge is -2.18. The van der Waals surface area contributed by atoms with Crippen LogP contribution in [0.15, 0.2) is 66.7 Å². The molecule has 1 aliphatic rings. The summed E-state index contributed by atoms with van der Waals surface area (Å²) in [6, 6.07) is 22.0. The van der Waals surface area contributed by atoms with Crippen molar-refractivity contribution < 1.29 is 9.53 Å². The molecule has 0 saturated carbocycles. The lowest BCUT2D eigenvalue weighted by Crippen LogP contribution is -2.23. The minimum atomic E-state index is -0.142. The number of carbonyl (C=O) groups is 1. The zero-order valence-electron chi connectivity index (χ0n) is 15.4. The van der Waals surface area contributed by atoms with Gasteiger partial charge in [0.2, 0.25) is 0 Å². The number of fused-ring (bicyclic) bond motifs is 1. The Morgan fingerprint density at radius 3 is 2.52 bits per heavy atom. The average molecular weight is 360 g/mol. The molecule has 0 unspecified atom stereocenters. The van der Waals surface area contributed by atoms with Crippen molar-refractivity contribution in [2.24, 2.45) is 0 Å². The maximum absolute atomic E-state index is 12.4. The van der Waals surface area contributed by atoms with Crippen LogP contribution in [0.2, 0.25) is 0 Å². The SMILES string of the molecule is O=C(COc1ccc2ccccc2c1)Nc1ccccc1CN1CCCC1. The molecule has 0 atom stereocenters. The van der Waals surface area contributed by atoms with Crippen LogP contribution in [0.25, 0.3) is 10.8 Å². The standard InChI is InChI=1S/C23H24N2O2/c26-23(17-27-21-12-11-18-7-1-2-8-19(18)15-21)24-22-10-4-3-9-20(22)16-25-13-5-6-14-25/h1-4,7-12,15H,5-6,13-14,16-17H2,(H,24,26). The van der Waals surface area contributed by atoms with Crippen LogP contribution in [0, 0.1) is 0 Å². The van der Waals surface area contributed by atoms with E-state index < -0.39 is 0 Å². The van der Waals surface area contributed by atoms with Gasteiger partial charge in [-0.1, -0.05) is 48.5 Å². The second kappa shape index (κ2) is 8.23. The molecule has 27 heavy (non-hydrogen) atoms. The van der Waals surface area contributed by atoms with E-state index in [4.69, 9.17) is 4.74 Å². The Kier molecular flexibility index (Phi) is 5.35. The van der Waals surface area contributed by atoms with E-state index in [1.54, 1.807) is 0 Å². The third-order valence-corrected chi connectivity index (χ3v) is 4.97. The number of ether oxygens (including phenoxy) is 1. The smallest absolute Gasteiger partial charge is 0.262 e. The van der Waals surface area contributed by atoms with Gasteiger partial charge in [0.1, 0.15) is 5.75 Å². The minimum absolute atomic E-state index is 0.00358. The number of hydrogen-bond donors (Lipinski definition) is 1. The van der Waals surface area contributed by atoms with E-state index in [9.17, 15) is 4.79 Å².